The fraction of sp³-hybridized carbons (Fsp3) is 0.480. The number of rotatable bonds is 13. The molecule has 2 aromatic carbocycles. The molecule has 3 N–H and O–H groups in total. The van der Waals surface area contributed by atoms with Crippen molar-refractivity contribution in [3.63, 3.8) is 0 Å². The van der Waals surface area contributed by atoms with Crippen LogP contribution in [-0.4, -0.2) is 50.6 Å². The van der Waals surface area contributed by atoms with E-state index in [9.17, 15) is 5.11 Å². The van der Waals surface area contributed by atoms with E-state index in [1.165, 1.54) is 0 Å². The zero-order valence-corrected chi connectivity index (χ0v) is 19.6. The summed E-state index contributed by atoms with van der Waals surface area (Å²) in [7, 11) is 1.69. The number of benzene rings is 2. The molecule has 7 nitrogen and oxygen atoms in total. The maximum Gasteiger partial charge on any atom is 0.191 e. The molecular formula is C25H37N3O4. The van der Waals surface area contributed by atoms with Crippen molar-refractivity contribution >= 4 is 5.96 Å². The first-order valence-corrected chi connectivity index (χ1v) is 11.2. The van der Waals surface area contributed by atoms with E-state index in [1.807, 2.05) is 69.3 Å². The van der Waals surface area contributed by atoms with Gasteiger partial charge < -0.3 is 30.0 Å². The predicted molar refractivity (Wildman–Crippen MR) is 128 cm³/mol. The minimum atomic E-state index is -0.657. The second-order valence-electron chi connectivity index (χ2n) is 7.67. The summed E-state index contributed by atoms with van der Waals surface area (Å²) in [6, 6.07) is 15.4. The van der Waals surface area contributed by atoms with E-state index in [1.54, 1.807) is 7.11 Å². The maximum absolute atomic E-state index is 10.5. The van der Waals surface area contributed by atoms with Gasteiger partial charge in [0.1, 0.15) is 11.5 Å². The molecule has 176 valence electrons. The highest BCUT2D eigenvalue weighted by Gasteiger charge is 2.09. The molecule has 0 aromatic heterocycles. The summed E-state index contributed by atoms with van der Waals surface area (Å²) in [6.45, 7) is 8.86. The van der Waals surface area contributed by atoms with Crippen LogP contribution in [0, 0.1) is 0 Å². The fourth-order valence-electron chi connectivity index (χ4n) is 2.99. The molecule has 1 atom stereocenters. The monoisotopic (exact) mass is 443 g/mol. The lowest BCUT2D eigenvalue weighted by molar-refractivity contribution is 0.172. The highest BCUT2D eigenvalue weighted by atomic mass is 16.5. The number of guanidine groups is 1. The lowest BCUT2D eigenvalue weighted by Gasteiger charge is -2.16. The number of nitrogens with one attached hydrogen (secondary N) is 2. The molecular weight excluding hydrogens is 406 g/mol. The Morgan fingerprint density at radius 2 is 1.81 bits per heavy atom. The number of aliphatic hydroxyl groups is 1. The number of aliphatic imine (C=N–C) groups is 1. The molecule has 0 spiro atoms. The molecule has 0 bridgehead atoms. The number of nitrogens with zero attached hydrogens (tertiary/aromatic N) is 1. The largest absolute Gasteiger partial charge is 0.493 e. The average molecular weight is 444 g/mol. The minimum Gasteiger partial charge on any atom is -0.493 e. The van der Waals surface area contributed by atoms with Gasteiger partial charge in [-0.3, -0.25) is 0 Å². The van der Waals surface area contributed by atoms with E-state index in [0.717, 1.165) is 35.6 Å². The normalized spacial score (nSPS) is 12.5. The van der Waals surface area contributed by atoms with Gasteiger partial charge in [-0.2, -0.15) is 0 Å². The van der Waals surface area contributed by atoms with Crippen LogP contribution in [0.3, 0.4) is 0 Å². The van der Waals surface area contributed by atoms with E-state index < -0.39 is 6.10 Å². The van der Waals surface area contributed by atoms with Crippen molar-refractivity contribution in [2.24, 2.45) is 4.99 Å². The van der Waals surface area contributed by atoms with Gasteiger partial charge in [0, 0.05) is 33.2 Å². The van der Waals surface area contributed by atoms with Crippen molar-refractivity contribution in [3.05, 3.63) is 59.7 Å². The molecule has 0 saturated carbocycles. The second kappa shape index (κ2) is 14.3. The quantitative estimate of drug-likeness (QED) is 0.249. The van der Waals surface area contributed by atoms with Crippen molar-refractivity contribution in [1.29, 1.82) is 0 Å². The first-order chi connectivity index (χ1) is 15.5. The SMILES string of the molecule is CCNC(=NCc1cccc(OCCCOC)c1)NCC(O)c1ccc(OC(C)C)cc1. The van der Waals surface area contributed by atoms with Crippen LogP contribution in [0.5, 0.6) is 11.5 Å². The third kappa shape index (κ3) is 9.58. The van der Waals surface area contributed by atoms with Crippen LogP contribution in [0.2, 0.25) is 0 Å². The Labute approximate surface area is 191 Å². The Bertz CT molecular complexity index is 809. The van der Waals surface area contributed by atoms with Crippen molar-refractivity contribution in [2.75, 3.05) is 33.4 Å². The van der Waals surface area contributed by atoms with Gasteiger partial charge in [-0.15, -0.1) is 0 Å². The summed E-state index contributed by atoms with van der Waals surface area (Å²) >= 11 is 0. The van der Waals surface area contributed by atoms with Gasteiger partial charge in [0.05, 0.1) is 25.4 Å². The number of hydrogen-bond donors (Lipinski definition) is 3. The fourth-order valence-corrected chi connectivity index (χ4v) is 2.99. The van der Waals surface area contributed by atoms with Crippen LogP contribution in [0.4, 0.5) is 0 Å². The van der Waals surface area contributed by atoms with Gasteiger partial charge in [0.15, 0.2) is 5.96 Å². The molecule has 0 aliphatic carbocycles. The van der Waals surface area contributed by atoms with E-state index in [0.29, 0.717) is 32.3 Å². The average Bonchev–Trinajstić information content (AvgIpc) is 2.79. The van der Waals surface area contributed by atoms with E-state index in [4.69, 9.17) is 14.2 Å². The van der Waals surface area contributed by atoms with Crippen LogP contribution in [-0.2, 0) is 11.3 Å². The maximum atomic E-state index is 10.5. The predicted octanol–water partition coefficient (Wildman–Crippen LogP) is 3.68. The molecule has 0 aliphatic heterocycles. The zero-order chi connectivity index (χ0) is 23.2. The number of methoxy groups -OCH3 is 1. The van der Waals surface area contributed by atoms with Gasteiger partial charge in [-0.1, -0.05) is 24.3 Å². The Balaban J connectivity index is 1.89. The first kappa shape index (κ1) is 25.5. The molecule has 0 saturated heterocycles. The van der Waals surface area contributed by atoms with Crippen molar-refractivity contribution in [3.8, 4) is 11.5 Å². The van der Waals surface area contributed by atoms with Crippen molar-refractivity contribution in [1.82, 2.24) is 10.6 Å². The van der Waals surface area contributed by atoms with Gasteiger partial charge in [-0.05, 0) is 56.2 Å². The molecule has 0 heterocycles. The number of ether oxygens (including phenoxy) is 3. The first-order valence-electron chi connectivity index (χ1n) is 11.2. The van der Waals surface area contributed by atoms with Crippen molar-refractivity contribution in [2.45, 2.75) is 45.9 Å². The molecule has 0 amide bonds. The lowest BCUT2D eigenvalue weighted by atomic mass is 10.1. The third-order valence-corrected chi connectivity index (χ3v) is 4.52. The third-order valence-electron chi connectivity index (χ3n) is 4.52. The molecule has 1 unspecified atom stereocenters. The molecule has 32 heavy (non-hydrogen) atoms. The van der Waals surface area contributed by atoms with Gasteiger partial charge in [0.2, 0.25) is 0 Å². The van der Waals surface area contributed by atoms with E-state index >= 15 is 0 Å². The van der Waals surface area contributed by atoms with E-state index in [2.05, 4.69) is 15.6 Å². The summed E-state index contributed by atoms with van der Waals surface area (Å²) < 4.78 is 16.5. The lowest BCUT2D eigenvalue weighted by Crippen LogP contribution is -2.39. The van der Waals surface area contributed by atoms with Crippen LogP contribution >= 0.6 is 0 Å². The van der Waals surface area contributed by atoms with Crippen molar-refractivity contribution < 1.29 is 19.3 Å². The number of hydrogen-bond acceptors (Lipinski definition) is 5. The Morgan fingerprint density at radius 3 is 2.50 bits per heavy atom. The standard InChI is InChI=1S/C25H37N3O4/c1-5-26-25(27-17-20-8-6-9-23(16-20)31-15-7-14-30-4)28-18-24(29)21-10-12-22(13-11-21)32-19(2)3/h6,8-13,16,19,24,29H,5,7,14-15,17-18H2,1-4H3,(H2,26,27,28). The summed E-state index contributed by atoms with van der Waals surface area (Å²) in [5.74, 6) is 2.27. The molecule has 7 heteroatoms. The van der Waals surface area contributed by atoms with Crippen LogP contribution in [0.1, 0.15) is 44.4 Å². The number of aliphatic hydroxyl groups excluding tert-OH is 1. The Morgan fingerprint density at radius 1 is 1.03 bits per heavy atom. The van der Waals surface area contributed by atoms with Crippen LogP contribution in [0.25, 0.3) is 0 Å². The highest BCUT2D eigenvalue weighted by molar-refractivity contribution is 5.79. The molecule has 0 radical (unpaired) electrons. The Kier molecular flexibility index (Phi) is 11.4. The highest BCUT2D eigenvalue weighted by Crippen LogP contribution is 2.18. The summed E-state index contributed by atoms with van der Waals surface area (Å²) in [5, 5.41) is 17.0. The molecule has 0 fully saturated rings. The van der Waals surface area contributed by atoms with Crippen LogP contribution in [0.15, 0.2) is 53.5 Å². The molecule has 0 aliphatic rings. The molecule has 2 aromatic rings. The van der Waals surface area contributed by atoms with Gasteiger partial charge in [0.25, 0.3) is 0 Å². The van der Waals surface area contributed by atoms with Gasteiger partial charge in [-0.25, -0.2) is 4.99 Å². The smallest absolute Gasteiger partial charge is 0.191 e. The second-order valence-corrected chi connectivity index (χ2v) is 7.67. The zero-order valence-electron chi connectivity index (χ0n) is 19.6. The minimum absolute atomic E-state index is 0.120. The Hall–Kier alpha value is -2.77. The van der Waals surface area contributed by atoms with Crippen LogP contribution < -0.4 is 20.1 Å². The summed E-state index contributed by atoms with van der Waals surface area (Å²) in [5.41, 5.74) is 1.87. The molecule has 2 rings (SSSR count). The van der Waals surface area contributed by atoms with E-state index in [-0.39, 0.29) is 6.10 Å². The topological polar surface area (TPSA) is 84.3 Å². The summed E-state index contributed by atoms with van der Waals surface area (Å²) in [4.78, 5) is 4.63. The summed E-state index contributed by atoms with van der Waals surface area (Å²) in [6.07, 6.45) is 0.313. The van der Waals surface area contributed by atoms with Gasteiger partial charge >= 0.3 is 0 Å².